The van der Waals surface area contributed by atoms with E-state index in [2.05, 4.69) is 0 Å². The fraction of sp³-hybridized carbons (Fsp3) is 0.364. The molecule has 0 aliphatic carbocycles. The Bertz CT molecular complexity index is 332. The molecule has 0 atom stereocenters. The minimum absolute atomic E-state index is 0. The minimum Gasteiger partial charge on any atom is -0.545 e. The van der Waals surface area contributed by atoms with Crippen LogP contribution in [0.25, 0.3) is 0 Å². The molecular weight excluding hydrogens is 187 g/mol. The first-order valence-electron chi connectivity index (χ1n) is 4.35. The first-order chi connectivity index (χ1) is 6.04. The second-order valence-electron chi connectivity index (χ2n) is 3.48. The van der Waals surface area contributed by atoms with Crippen molar-refractivity contribution < 1.29 is 39.5 Å². The largest absolute Gasteiger partial charge is 1.00 e. The molecule has 0 aromatic heterocycles. The molecule has 70 valence electrons. The predicted octanol–water partition coefficient (Wildman–Crippen LogP) is -1.51. The van der Waals surface area contributed by atoms with Gasteiger partial charge >= 0.3 is 29.6 Å². The molecule has 0 heterocycles. The number of benzene rings is 1. The molecule has 0 bridgehead atoms. The fourth-order valence-corrected chi connectivity index (χ4v) is 1.62. The van der Waals surface area contributed by atoms with E-state index in [4.69, 9.17) is 0 Å². The zero-order valence-corrected chi connectivity index (χ0v) is 11.1. The van der Waals surface area contributed by atoms with Gasteiger partial charge in [0.25, 0.3) is 0 Å². The third-order valence-corrected chi connectivity index (χ3v) is 2.12. The van der Waals surface area contributed by atoms with E-state index in [0.29, 0.717) is 5.56 Å². The number of carboxylic acids is 1. The second-order valence-corrected chi connectivity index (χ2v) is 3.48. The zero-order chi connectivity index (χ0) is 10.0. The predicted molar refractivity (Wildman–Crippen MR) is 49.6 cm³/mol. The molecule has 0 saturated carbocycles. The molecule has 3 heteroatoms. The normalized spacial score (nSPS) is 9.71. The van der Waals surface area contributed by atoms with E-state index in [0.717, 1.165) is 11.1 Å². The fourth-order valence-electron chi connectivity index (χ4n) is 1.62. The number of carbonyl (C=O) groups is 1. The quantitative estimate of drug-likeness (QED) is 0.544. The number of rotatable bonds is 2. The van der Waals surface area contributed by atoms with Crippen LogP contribution in [0.1, 0.15) is 41.3 Å². The summed E-state index contributed by atoms with van der Waals surface area (Å²) in [7, 11) is 0. The topological polar surface area (TPSA) is 40.1 Å². The van der Waals surface area contributed by atoms with E-state index < -0.39 is 5.97 Å². The molecule has 0 unspecified atom stereocenters. The van der Waals surface area contributed by atoms with Crippen molar-refractivity contribution in [1.29, 1.82) is 0 Å². The van der Waals surface area contributed by atoms with Gasteiger partial charge in [-0.1, -0.05) is 32.0 Å². The molecule has 0 amide bonds. The molecule has 14 heavy (non-hydrogen) atoms. The molecule has 0 spiro atoms. The Morgan fingerprint density at radius 1 is 1.36 bits per heavy atom. The molecule has 0 N–H and O–H groups in total. The number of carbonyl (C=O) groups excluding carboxylic acids is 1. The van der Waals surface area contributed by atoms with Crippen LogP contribution in [0.5, 0.6) is 0 Å². The van der Waals surface area contributed by atoms with Crippen molar-refractivity contribution in [2.75, 3.05) is 0 Å². The summed E-state index contributed by atoms with van der Waals surface area (Å²) in [6.07, 6.45) is 0. The van der Waals surface area contributed by atoms with Crippen molar-refractivity contribution in [2.45, 2.75) is 26.7 Å². The Balaban J connectivity index is 0.00000169. The first-order valence-corrected chi connectivity index (χ1v) is 4.35. The number of hydrogen-bond donors (Lipinski definition) is 0. The maximum Gasteiger partial charge on any atom is 1.00 e. The van der Waals surface area contributed by atoms with Crippen LogP contribution in [0.15, 0.2) is 18.2 Å². The summed E-state index contributed by atoms with van der Waals surface area (Å²) in [6, 6.07) is 5.26. The summed E-state index contributed by atoms with van der Waals surface area (Å²) in [5.41, 5.74) is 2.20. The number of hydrogen-bond acceptors (Lipinski definition) is 2. The number of aromatic carboxylic acids is 1. The van der Waals surface area contributed by atoms with Crippen LogP contribution in [0, 0.1) is 6.92 Å². The average Bonchev–Trinajstić information content (AvgIpc) is 2.02. The van der Waals surface area contributed by atoms with Gasteiger partial charge in [-0.15, -0.1) is 0 Å². The summed E-state index contributed by atoms with van der Waals surface area (Å²) in [5.74, 6) is -0.874. The Morgan fingerprint density at radius 2 is 1.93 bits per heavy atom. The summed E-state index contributed by atoms with van der Waals surface area (Å²) in [5, 5.41) is 10.8. The van der Waals surface area contributed by atoms with Crippen LogP contribution >= 0.6 is 0 Å². The van der Waals surface area contributed by atoms with Crippen LogP contribution < -0.4 is 34.7 Å². The maximum absolute atomic E-state index is 10.8. The standard InChI is InChI=1S/C11H14O2.Na/c1-7(2)10-8(3)5-4-6-9(10)11(12)13;/h4-7H,1-3H3,(H,12,13);/q;+1/p-1. The van der Waals surface area contributed by atoms with Crippen LogP contribution in [-0.2, 0) is 0 Å². The second kappa shape index (κ2) is 5.54. The smallest absolute Gasteiger partial charge is 0.545 e. The molecular formula is C11H13NaO2. The molecule has 0 fully saturated rings. The number of carboxylic acid groups (broad SMARTS) is 1. The summed E-state index contributed by atoms with van der Waals surface area (Å²) >= 11 is 0. The molecule has 0 aliphatic heterocycles. The van der Waals surface area contributed by atoms with Crippen molar-refractivity contribution >= 4 is 5.97 Å². The van der Waals surface area contributed by atoms with Gasteiger partial charge in [0, 0.05) is 5.56 Å². The molecule has 1 aromatic carbocycles. The van der Waals surface area contributed by atoms with E-state index in [1.165, 1.54) is 0 Å². The van der Waals surface area contributed by atoms with Gasteiger partial charge in [-0.2, -0.15) is 0 Å². The SMILES string of the molecule is Cc1cccc(C(=O)[O-])c1C(C)C.[Na+]. The monoisotopic (exact) mass is 200 g/mol. The van der Waals surface area contributed by atoms with Gasteiger partial charge in [-0.3, -0.25) is 0 Å². The van der Waals surface area contributed by atoms with E-state index in [1.807, 2.05) is 26.8 Å². The third kappa shape index (κ3) is 2.84. The van der Waals surface area contributed by atoms with Crippen LogP contribution in [0.2, 0.25) is 0 Å². The molecule has 2 nitrogen and oxygen atoms in total. The zero-order valence-electron chi connectivity index (χ0n) is 9.13. The Morgan fingerprint density at radius 3 is 2.29 bits per heavy atom. The van der Waals surface area contributed by atoms with E-state index in [9.17, 15) is 9.90 Å². The number of aryl methyl sites for hydroxylation is 1. The maximum atomic E-state index is 10.8. The molecule has 0 aliphatic rings. The molecule has 0 radical (unpaired) electrons. The Kier molecular flexibility index (Phi) is 5.42. The van der Waals surface area contributed by atoms with Crippen LogP contribution in [0.3, 0.4) is 0 Å². The average molecular weight is 200 g/mol. The molecule has 1 rings (SSSR count). The van der Waals surface area contributed by atoms with Crippen molar-refractivity contribution in [3.8, 4) is 0 Å². The van der Waals surface area contributed by atoms with Crippen molar-refractivity contribution in [3.05, 3.63) is 34.9 Å². The van der Waals surface area contributed by atoms with Gasteiger partial charge < -0.3 is 9.90 Å². The summed E-state index contributed by atoms with van der Waals surface area (Å²) in [4.78, 5) is 10.8. The van der Waals surface area contributed by atoms with Crippen LogP contribution in [0.4, 0.5) is 0 Å². The summed E-state index contributed by atoms with van der Waals surface area (Å²) < 4.78 is 0. The molecule has 0 saturated heterocycles. The van der Waals surface area contributed by atoms with Crippen molar-refractivity contribution in [2.24, 2.45) is 0 Å². The van der Waals surface area contributed by atoms with Crippen LogP contribution in [-0.4, -0.2) is 5.97 Å². The van der Waals surface area contributed by atoms with Gasteiger partial charge in [-0.05, 0) is 24.0 Å². The first kappa shape index (κ1) is 13.7. The van der Waals surface area contributed by atoms with Crippen molar-refractivity contribution in [1.82, 2.24) is 0 Å². The summed E-state index contributed by atoms with van der Waals surface area (Å²) in [6.45, 7) is 5.88. The van der Waals surface area contributed by atoms with Gasteiger partial charge in [0.1, 0.15) is 0 Å². The van der Waals surface area contributed by atoms with E-state index >= 15 is 0 Å². The van der Waals surface area contributed by atoms with Gasteiger partial charge in [0.15, 0.2) is 0 Å². The Labute approximate surface area is 107 Å². The van der Waals surface area contributed by atoms with Gasteiger partial charge in [-0.25, -0.2) is 0 Å². The van der Waals surface area contributed by atoms with E-state index in [-0.39, 0.29) is 35.5 Å². The van der Waals surface area contributed by atoms with Gasteiger partial charge in [0.05, 0.1) is 5.97 Å². The third-order valence-electron chi connectivity index (χ3n) is 2.12. The molecule has 1 aromatic rings. The van der Waals surface area contributed by atoms with Crippen molar-refractivity contribution in [3.63, 3.8) is 0 Å². The van der Waals surface area contributed by atoms with E-state index in [1.54, 1.807) is 12.1 Å². The van der Waals surface area contributed by atoms with Gasteiger partial charge in [0.2, 0.25) is 0 Å². The Hall–Kier alpha value is -0.310. The minimum atomic E-state index is -1.09.